The molecule has 7 nitrogen and oxygen atoms in total. The molecule has 0 atom stereocenters. The predicted molar refractivity (Wildman–Crippen MR) is 86.6 cm³/mol. The molecule has 0 radical (unpaired) electrons. The van der Waals surface area contributed by atoms with Crippen LogP contribution in [0.2, 0.25) is 0 Å². The number of hydrogen-bond donors (Lipinski definition) is 3. The van der Waals surface area contributed by atoms with Gasteiger partial charge in [-0.25, -0.2) is 9.97 Å². The number of aromatic hydroxyl groups is 1. The monoisotopic (exact) mass is 328 g/mol. The Morgan fingerprint density at radius 3 is 2.96 bits per heavy atom. The number of amides is 1. The van der Waals surface area contributed by atoms with E-state index in [0.29, 0.717) is 40.3 Å². The van der Waals surface area contributed by atoms with Crippen LogP contribution in [0.3, 0.4) is 0 Å². The van der Waals surface area contributed by atoms with E-state index in [1.165, 1.54) is 6.33 Å². The fraction of sp³-hybridized carbons (Fsp3) is 0.133. The van der Waals surface area contributed by atoms with Gasteiger partial charge in [0.05, 0.1) is 23.4 Å². The number of benzene rings is 1. The second-order valence-corrected chi connectivity index (χ2v) is 6.18. The Hall–Kier alpha value is -2.87. The fourth-order valence-corrected chi connectivity index (χ4v) is 3.68. The first-order valence-electron chi connectivity index (χ1n) is 6.88. The smallest absolute Gasteiger partial charge is 0.260 e. The summed E-state index contributed by atoms with van der Waals surface area (Å²) in [6, 6.07) is 3.43. The lowest BCUT2D eigenvalue weighted by atomic mass is 10.0. The van der Waals surface area contributed by atoms with Crippen molar-refractivity contribution in [3.8, 4) is 22.8 Å². The largest absolute Gasteiger partial charge is 0.508 e. The molecule has 2 aromatic heterocycles. The zero-order chi connectivity index (χ0) is 16.1. The third-order valence-corrected chi connectivity index (χ3v) is 4.95. The van der Waals surface area contributed by atoms with Crippen LogP contribution < -0.4 is 16.2 Å². The van der Waals surface area contributed by atoms with Gasteiger partial charge in [0, 0.05) is 17.5 Å². The summed E-state index contributed by atoms with van der Waals surface area (Å²) < 4.78 is 5.52. The molecule has 0 bridgehead atoms. The van der Waals surface area contributed by atoms with Gasteiger partial charge in [-0.1, -0.05) is 0 Å². The molecule has 0 saturated carbocycles. The summed E-state index contributed by atoms with van der Waals surface area (Å²) in [6.45, 7) is 0.540. The second kappa shape index (κ2) is 4.82. The maximum absolute atomic E-state index is 11.5. The van der Waals surface area contributed by atoms with Crippen LogP contribution in [0.5, 0.6) is 11.5 Å². The van der Waals surface area contributed by atoms with Crippen LogP contribution >= 0.6 is 11.3 Å². The molecular formula is C15H12N4O3S. The SMILES string of the molecule is NC(=O)c1sc2ncnc(-c3cc(O)c4c(c3)OCC4)c2c1N. The molecule has 0 aliphatic carbocycles. The first-order valence-corrected chi connectivity index (χ1v) is 7.69. The number of fused-ring (bicyclic) bond motifs is 2. The van der Waals surface area contributed by atoms with Gasteiger partial charge in [0.2, 0.25) is 0 Å². The number of ether oxygens (including phenoxy) is 1. The van der Waals surface area contributed by atoms with Gasteiger partial charge in [-0.15, -0.1) is 11.3 Å². The standard InChI is InChI=1S/C15H12N4O3S/c16-11-10-12(18-5-19-15(10)23-13(11)14(17)21)6-3-8(20)7-1-2-22-9(7)4-6/h3-5,20H,1-2,16H2,(H2,17,21). The van der Waals surface area contributed by atoms with Crippen molar-refractivity contribution in [1.29, 1.82) is 0 Å². The van der Waals surface area contributed by atoms with E-state index < -0.39 is 5.91 Å². The maximum atomic E-state index is 11.5. The van der Waals surface area contributed by atoms with Crippen molar-refractivity contribution in [1.82, 2.24) is 9.97 Å². The summed E-state index contributed by atoms with van der Waals surface area (Å²) in [5.74, 6) is 0.193. The average molecular weight is 328 g/mol. The minimum absolute atomic E-state index is 0.158. The molecular weight excluding hydrogens is 316 g/mol. The Kier molecular flexibility index (Phi) is 2.88. The third kappa shape index (κ3) is 1.99. The Balaban J connectivity index is 2.00. The van der Waals surface area contributed by atoms with Crippen molar-refractivity contribution < 1.29 is 14.6 Å². The fourth-order valence-electron chi connectivity index (χ4n) is 2.77. The summed E-state index contributed by atoms with van der Waals surface area (Å²) in [7, 11) is 0. The van der Waals surface area contributed by atoms with Gasteiger partial charge in [0.1, 0.15) is 27.5 Å². The van der Waals surface area contributed by atoms with Gasteiger partial charge in [-0.2, -0.15) is 0 Å². The lowest BCUT2D eigenvalue weighted by molar-refractivity contribution is 0.100. The van der Waals surface area contributed by atoms with Crippen LogP contribution in [0.25, 0.3) is 21.5 Å². The highest BCUT2D eigenvalue weighted by atomic mass is 32.1. The number of hydrogen-bond acceptors (Lipinski definition) is 7. The lowest BCUT2D eigenvalue weighted by Gasteiger charge is -2.08. The van der Waals surface area contributed by atoms with E-state index in [2.05, 4.69) is 9.97 Å². The number of phenols is 1. The molecule has 1 amide bonds. The Morgan fingerprint density at radius 2 is 2.17 bits per heavy atom. The Bertz CT molecular complexity index is 967. The molecule has 0 fully saturated rings. The molecule has 23 heavy (non-hydrogen) atoms. The molecule has 0 unspecified atom stereocenters. The van der Waals surface area contributed by atoms with E-state index in [9.17, 15) is 9.90 Å². The first-order chi connectivity index (χ1) is 11.1. The average Bonchev–Trinajstić information content (AvgIpc) is 3.12. The van der Waals surface area contributed by atoms with Crippen LogP contribution in [0, 0.1) is 0 Å². The summed E-state index contributed by atoms with van der Waals surface area (Å²) in [6.07, 6.45) is 2.07. The van der Waals surface area contributed by atoms with Crippen LogP contribution in [0.15, 0.2) is 18.5 Å². The van der Waals surface area contributed by atoms with Crippen molar-refractivity contribution in [3.63, 3.8) is 0 Å². The van der Waals surface area contributed by atoms with Gasteiger partial charge in [-0.3, -0.25) is 4.79 Å². The van der Waals surface area contributed by atoms with E-state index in [1.54, 1.807) is 6.07 Å². The zero-order valence-electron chi connectivity index (χ0n) is 11.9. The van der Waals surface area contributed by atoms with Gasteiger partial charge in [0.25, 0.3) is 5.91 Å². The number of nitrogens with zero attached hydrogens (tertiary/aromatic N) is 2. The molecule has 8 heteroatoms. The van der Waals surface area contributed by atoms with Gasteiger partial charge in [0.15, 0.2) is 0 Å². The number of carbonyl (C=O) groups is 1. The molecule has 0 spiro atoms. The van der Waals surface area contributed by atoms with Crippen molar-refractivity contribution in [2.45, 2.75) is 6.42 Å². The van der Waals surface area contributed by atoms with Crippen molar-refractivity contribution in [2.75, 3.05) is 12.3 Å². The second-order valence-electron chi connectivity index (χ2n) is 5.18. The molecule has 4 rings (SSSR count). The summed E-state index contributed by atoms with van der Waals surface area (Å²) in [5, 5.41) is 10.7. The summed E-state index contributed by atoms with van der Waals surface area (Å²) in [4.78, 5) is 20.7. The van der Waals surface area contributed by atoms with E-state index >= 15 is 0 Å². The molecule has 3 heterocycles. The van der Waals surface area contributed by atoms with Crippen LogP contribution in [-0.4, -0.2) is 27.6 Å². The van der Waals surface area contributed by atoms with Gasteiger partial charge < -0.3 is 21.3 Å². The minimum atomic E-state index is -0.600. The quantitative estimate of drug-likeness (QED) is 0.657. The van der Waals surface area contributed by atoms with Gasteiger partial charge in [-0.05, 0) is 12.1 Å². The van der Waals surface area contributed by atoms with Crippen molar-refractivity contribution in [2.24, 2.45) is 5.73 Å². The van der Waals surface area contributed by atoms with E-state index in [0.717, 1.165) is 16.9 Å². The summed E-state index contributed by atoms with van der Waals surface area (Å²) >= 11 is 1.13. The topological polar surface area (TPSA) is 124 Å². The van der Waals surface area contributed by atoms with Crippen LogP contribution in [0.1, 0.15) is 15.2 Å². The number of nitrogen functional groups attached to an aromatic ring is 1. The first kappa shape index (κ1) is 13.8. The van der Waals surface area contributed by atoms with Crippen LogP contribution in [0.4, 0.5) is 5.69 Å². The molecule has 1 aromatic carbocycles. The number of carbonyl (C=O) groups excluding carboxylic acids is 1. The normalized spacial score (nSPS) is 13.0. The number of aromatic nitrogens is 2. The number of rotatable bonds is 2. The third-order valence-electron chi connectivity index (χ3n) is 3.82. The van der Waals surface area contributed by atoms with Crippen molar-refractivity contribution in [3.05, 3.63) is 28.9 Å². The molecule has 3 aromatic rings. The number of anilines is 1. The molecule has 1 aliphatic heterocycles. The zero-order valence-corrected chi connectivity index (χ0v) is 12.7. The highest BCUT2D eigenvalue weighted by Crippen LogP contribution is 2.42. The molecule has 5 N–H and O–H groups in total. The van der Waals surface area contributed by atoms with E-state index in [-0.39, 0.29) is 16.3 Å². The molecule has 1 aliphatic rings. The van der Waals surface area contributed by atoms with Gasteiger partial charge >= 0.3 is 0 Å². The molecule has 0 saturated heterocycles. The Labute approximate surface area is 134 Å². The van der Waals surface area contributed by atoms with Crippen LogP contribution in [-0.2, 0) is 6.42 Å². The Morgan fingerprint density at radius 1 is 1.35 bits per heavy atom. The summed E-state index contributed by atoms with van der Waals surface area (Å²) in [5.41, 5.74) is 13.6. The number of nitrogens with two attached hydrogens (primary N) is 2. The maximum Gasteiger partial charge on any atom is 0.260 e. The van der Waals surface area contributed by atoms with E-state index in [4.69, 9.17) is 16.2 Å². The highest BCUT2D eigenvalue weighted by molar-refractivity contribution is 7.21. The predicted octanol–water partition coefficient (Wildman–Crippen LogP) is 1.68. The lowest BCUT2D eigenvalue weighted by Crippen LogP contribution is -2.10. The number of phenolic OH excluding ortho intramolecular Hbond substituents is 1. The highest BCUT2D eigenvalue weighted by Gasteiger charge is 2.22. The minimum Gasteiger partial charge on any atom is -0.508 e. The number of primary amides is 1. The van der Waals surface area contributed by atoms with Crippen molar-refractivity contribution >= 4 is 33.1 Å². The molecule has 116 valence electrons. The van der Waals surface area contributed by atoms with E-state index in [1.807, 2.05) is 6.07 Å². The number of thiophene rings is 1.